The Balaban J connectivity index is 3.09. The van der Waals surface area contributed by atoms with Crippen molar-refractivity contribution in [3.05, 3.63) is 22.5 Å². The summed E-state index contributed by atoms with van der Waals surface area (Å²) in [4.78, 5) is 8.79. The molecule has 2 nitrogen and oxygen atoms in total. The van der Waals surface area contributed by atoms with E-state index in [0.717, 1.165) is 35.5 Å². The average molecular weight is 225 g/mol. The van der Waals surface area contributed by atoms with Crippen LogP contribution in [-0.2, 0) is 0 Å². The summed E-state index contributed by atoms with van der Waals surface area (Å²) in [5.41, 5.74) is 4.09. The van der Waals surface area contributed by atoms with Gasteiger partial charge in [-0.05, 0) is 38.8 Å². The Morgan fingerprint density at radius 1 is 1.47 bits per heavy atom. The van der Waals surface area contributed by atoms with Crippen molar-refractivity contribution in [1.29, 1.82) is 0 Å². The summed E-state index contributed by atoms with van der Waals surface area (Å²) in [6.45, 7) is 8.16. The number of hydrogen-bond donors (Lipinski definition) is 0. The first-order valence-electron chi connectivity index (χ1n) is 5.22. The molecule has 1 heterocycles. The van der Waals surface area contributed by atoms with Crippen LogP contribution in [0.5, 0.6) is 0 Å². The van der Waals surface area contributed by atoms with Gasteiger partial charge in [-0.1, -0.05) is 24.9 Å². The molecule has 0 spiro atoms. The van der Waals surface area contributed by atoms with E-state index < -0.39 is 0 Å². The van der Waals surface area contributed by atoms with Crippen LogP contribution in [0.3, 0.4) is 0 Å². The average Bonchev–Trinajstić information content (AvgIpc) is 2.11. The Kier molecular flexibility index (Phi) is 4.28. The number of aromatic nitrogens is 1. The molecule has 3 heteroatoms. The quantitative estimate of drug-likeness (QED) is 0.557. The molecule has 82 valence electrons. The predicted octanol–water partition coefficient (Wildman–Crippen LogP) is 4.24. The SMILES string of the molecule is CCCC(C)=Nc1c(C)cc(Cl)nc1C. The van der Waals surface area contributed by atoms with Crippen LogP contribution in [-0.4, -0.2) is 10.7 Å². The van der Waals surface area contributed by atoms with Gasteiger partial charge in [0.15, 0.2) is 0 Å². The standard InChI is InChI=1S/C12H17ClN2/c1-5-6-9(3)14-12-8(2)7-11(13)15-10(12)4/h7H,5-6H2,1-4H3. The zero-order valence-corrected chi connectivity index (χ0v) is 10.5. The number of aliphatic imine (C=N–C) groups is 1. The highest BCUT2D eigenvalue weighted by Crippen LogP contribution is 2.25. The minimum atomic E-state index is 0.539. The van der Waals surface area contributed by atoms with E-state index in [9.17, 15) is 0 Å². The molecule has 1 aromatic heterocycles. The normalized spacial score (nSPS) is 11.9. The number of pyridine rings is 1. The number of aryl methyl sites for hydroxylation is 2. The van der Waals surface area contributed by atoms with Gasteiger partial charge < -0.3 is 0 Å². The lowest BCUT2D eigenvalue weighted by Gasteiger charge is -2.06. The summed E-state index contributed by atoms with van der Waals surface area (Å²) in [5, 5.41) is 0.539. The van der Waals surface area contributed by atoms with Crippen molar-refractivity contribution in [2.45, 2.75) is 40.5 Å². The smallest absolute Gasteiger partial charge is 0.129 e. The number of halogens is 1. The van der Waals surface area contributed by atoms with Gasteiger partial charge in [-0.2, -0.15) is 0 Å². The first-order valence-corrected chi connectivity index (χ1v) is 5.60. The fourth-order valence-corrected chi connectivity index (χ4v) is 1.85. The molecule has 0 bridgehead atoms. The van der Waals surface area contributed by atoms with Crippen molar-refractivity contribution in [3.63, 3.8) is 0 Å². The monoisotopic (exact) mass is 224 g/mol. The molecule has 0 fully saturated rings. The topological polar surface area (TPSA) is 25.2 Å². The molecular weight excluding hydrogens is 208 g/mol. The van der Waals surface area contributed by atoms with Crippen molar-refractivity contribution < 1.29 is 0 Å². The van der Waals surface area contributed by atoms with Crippen LogP contribution in [0.4, 0.5) is 5.69 Å². The molecule has 0 N–H and O–H groups in total. The molecule has 0 aromatic carbocycles. The van der Waals surface area contributed by atoms with Crippen molar-refractivity contribution in [2.24, 2.45) is 4.99 Å². The summed E-state index contributed by atoms with van der Waals surface area (Å²) in [6, 6.07) is 1.85. The molecule has 0 saturated carbocycles. The molecule has 0 atom stereocenters. The lowest BCUT2D eigenvalue weighted by molar-refractivity contribution is 0.986. The predicted molar refractivity (Wildman–Crippen MR) is 66.4 cm³/mol. The van der Waals surface area contributed by atoms with Crippen LogP contribution < -0.4 is 0 Å². The van der Waals surface area contributed by atoms with Crippen molar-refractivity contribution >= 4 is 23.0 Å². The van der Waals surface area contributed by atoms with Crippen molar-refractivity contribution in [2.75, 3.05) is 0 Å². The van der Waals surface area contributed by atoms with E-state index >= 15 is 0 Å². The molecular formula is C12H17ClN2. The van der Waals surface area contributed by atoms with Crippen molar-refractivity contribution in [3.8, 4) is 0 Å². The van der Waals surface area contributed by atoms with Gasteiger partial charge >= 0.3 is 0 Å². The second kappa shape index (κ2) is 5.26. The Hall–Kier alpha value is -0.890. The van der Waals surface area contributed by atoms with Crippen LogP contribution in [0.25, 0.3) is 0 Å². The van der Waals surface area contributed by atoms with Crippen LogP contribution in [0.2, 0.25) is 5.15 Å². The van der Waals surface area contributed by atoms with Gasteiger partial charge in [0.05, 0.1) is 11.4 Å². The van der Waals surface area contributed by atoms with Crippen LogP contribution in [0.1, 0.15) is 37.9 Å². The highest BCUT2D eigenvalue weighted by molar-refractivity contribution is 6.29. The lowest BCUT2D eigenvalue weighted by atomic mass is 10.2. The van der Waals surface area contributed by atoms with E-state index in [1.807, 2.05) is 19.9 Å². The number of nitrogens with zero attached hydrogens (tertiary/aromatic N) is 2. The lowest BCUT2D eigenvalue weighted by Crippen LogP contribution is -1.92. The van der Waals surface area contributed by atoms with E-state index in [-0.39, 0.29) is 0 Å². The fraction of sp³-hybridized carbons (Fsp3) is 0.500. The van der Waals surface area contributed by atoms with Gasteiger partial charge in [-0.3, -0.25) is 4.99 Å². The minimum Gasteiger partial charge on any atom is -0.256 e. The largest absolute Gasteiger partial charge is 0.256 e. The highest BCUT2D eigenvalue weighted by Gasteiger charge is 2.04. The van der Waals surface area contributed by atoms with Crippen LogP contribution >= 0.6 is 11.6 Å². The van der Waals surface area contributed by atoms with Gasteiger partial charge in [0.2, 0.25) is 0 Å². The molecule has 0 amide bonds. The minimum absolute atomic E-state index is 0.539. The number of rotatable bonds is 3. The molecule has 0 unspecified atom stereocenters. The third-order valence-electron chi connectivity index (χ3n) is 2.24. The van der Waals surface area contributed by atoms with Crippen LogP contribution in [0.15, 0.2) is 11.1 Å². The maximum absolute atomic E-state index is 5.86. The summed E-state index contributed by atoms with van der Waals surface area (Å²) in [6.07, 6.45) is 2.15. The van der Waals surface area contributed by atoms with E-state index in [0.29, 0.717) is 5.15 Å². The molecule has 0 aliphatic carbocycles. The first kappa shape index (κ1) is 12.2. The Bertz CT molecular complexity index is 360. The molecule has 0 saturated heterocycles. The van der Waals surface area contributed by atoms with E-state index in [1.165, 1.54) is 0 Å². The maximum Gasteiger partial charge on any atom is 0.129 e. The molecule has 0 radical (unpaired) electrons. The van der Waals surface area contributed by atoms with Crippen LogP contribution in [0, 0.1) is 13.8 Å². The van der Waals surface area contributed by atoms with Gasteiger partial charge in [0, 0.05) is 5.71 Å². The third-order valence-corrected chi connectivity index (χ3v) is 2.43. The summed E-state index contributed by atoms with van der Waals surface area (Å²) in [5.74, 6) is 0. The molecule has 0 aliphatic heterocycles. The van der Waals surface area contributed by atoms with E-state index in [1.54, 1.807) is 0 Å². The molecule has 15 heavy (non-hydrogen) atoms. The summed E-state index contributed by atoms with van der Waals surface area (Å²) in [7, 11) is 0. The van der Waals surface area contributed by atoms with E-state index in [2.05, 4.69) is 23.8 Å². The first-order chi connectivity index (χ1) is 7.04. The Labute approximate surface area is 96.4 Å². The van der Waals surface area contributed by atoms with Gasteiger partial charge in [0.1, 0.15) is 5.15 Å². The number of hydrogen-bond acceptors (Lipinski definition) is 2. The zero-order chi connectivity index (χ0) is 11.4. The fourth-order valence-electron chi connectivity index (χ4n) is 1.56. The summed E-state index contributed by atoms with van der Waals surface area (Å²) >= 11 is 5.86. The Morgan fingerprint density at radius 3 is 2.67 bits per heavy atom. The second-order valence-corrected chi connectivity index (χ2v) is 4.18. The van der Waals surface area contributed by atoms with Gasteiger partial charge in [-0.15, -0.1) is 0 Å². The molecule has 1 rings (SSSR count). The van der Waals surface area contributed by atoms with Gasteiger partial charge in [0.25, 0.3) is 0 Å². The van der Waals surface area contributed by atoms with E-state index in [4.69, 9.17) is 11.6 Å². The zero-order valence-electron chi connectivity index (χ0n) is 9.76. The van der Waals surface area contributed by atoms with Crippen molar-refractivity contribution in [1.82, 2.24) is 4.98 Å². The molecule has 0 aliphatic rings. The Morgan fingerprint density at radius 2 is 2.13 bits per heavy atom. The summed E-state index contributed by atoms with van der Waals surface area (Å²) < 4.78 is 0. The van der Waals surface area contributed by atoms with Gasteiger partial charge in [-0.25, -0.2) is 4.98 Å². The third kappa shape index (κ3) is 3.31. The maximum atomic E-state index is 5.86. The highest BCUT2D eigenvalue weighted by atomic mass is 35.5. The second-order valence-electron chi connectivity index (χ2n) is 3.79. The molecule has 1 aromatic rings.